The maximum Gasteiger partial charge on any atom is 0.367 e. The summed E-state index contributed by atoms with van der Waals surface area (Å²) in [5, 5.41) is 8.52. The first-order chi connectivity index (χ1) is 8.93. The van der Waals surface area contributed by atoms with Crippen LogP contribution in [0.15, 0.2) is 24.3 Å². The lowest BCUT2D eigenvalue weighted by molar-refractivity contribution is 0.0719. The Morgan fingerprint density at radius 1 is 1.37 bits per heavy atom. The second kappa shape index (κ2) is 6.59. The molecule has 0 saturated carbocycles. The van der Waals surface area contributed by atoms with Crippen molar-refractivity contribution >= 4 is 7.60 Å². The summed E-state index contributed by atoms with van der Waals surface area (Å²) in [6.45, 7) is 2.99. The van der Waals surface area contributed by atoms with Crippen LogP contribution >= 0.6 is 7.60 Å². The molecular formula is C12H19FNO4P. The van der Waals surface area contributed by atoms with Crippen LogP contribution in [-0.4, -0.2) is 24.9 Å². The molecule has 1 atom stereocenters. The van der Waals surface area contributed by atoms with Gasteiger partial charge in [0.15, 0.2) is 0 Å². The average molecular weight is 291 g/mol. The SMILES string of the molecule is CCOP(=O)(OCC)[C@](O)(CN)c1cccc(F)c1. The highest BCUT2D eigenvalue weighted by Crippen LogP contribution is 2.63. The van der Waals surface area contributed by atoms with Crippen molar-refractivity contribution < 1.29 is 23.1 Å². The zero-order valence-electron chi connectivity index (χ0n) is 11.0. The molecule has 0 fully saturated rings. The Kier molecular flexibility index (Phi) is 5.64. The third-order valence-electron chi connectivity index (χ3n) is 2.62. The first-order valence-corrected chi connectivity index (χ1v) is 7.55. The summed E-state index contributed by atoms with van der Waals surface area (Å²) >= 11 is 0. The quantitative estimate of drug-likeness (QED) is 0.753. The van der Waals surface area contributed by atoms with Crippen molar-refractivity contribution in [2.75, 3.05) is 19.8 Å². The van der Waals surface area contributed by atoms with Gasteiger partial charge in [-0.15, -0.1) is 0 Å². The lowest BCUT2D eigenvalue weighted by Crippen LogP contribution is -2.36. The van der Waals surface area contributed by atoms with Gasteiger partial charge in [0.05, 0.1) is 13.2 Å². The minimum absolute atomic E-state index is 0.0697. The van der Waals surface area contributed by atoms with Crippen molar-refractivity contribution in [3.05, 3.63) is 35.6 Å². The molecular weight excluding hydrogens is 272 g/mol. The number of benzene rings is 1. The maximum absolute atomic E-state index is 13.3. The third kappa shape index (κ3) is 3.22. The number of nitrogens with two attached hydrogens (primary N) is 1. The van der Waals surface area contributed by atoms with E-state index in [1.807, 2.05) is 0 Å². The molecule has 0 spiro atoms. The number of rotatable bonds is 7. The summed E-state index contributed by atoms with van der Waals surface area (Å²) in [7, 11) is -3.92. The summed E-state index contributed by atoms with van der Waals surface area (Å²) in [5.41, 5.74) is 5.60. The van der Waals surface area contributed by atoms with Crippen LogP contribution < -0.4 is 5.73 Å². The number of aliphatic hydroxyl groups is 1. The van der Waals surface area contributed by atoms with Gasteiger partial charge in [-0.1, -0.05) is 12.1 Å². The minimum atomic E-state index is -3.92. The van der Waals surface area contributed by atoms with Crippen LogP contribution in [0.2, 0.25) is 0 Å². The van der Waals surface area contributed by atoms with Crippen molar-refractivity contribution in [1.29, 1.82) is 0 Å². The molecule has 0 saturated heterocycles. The van der Waals surface area contributed by atoms with E-state index in [2.05, 4.69) is 0 Å². The molecule has 19 heavy (non-hydrogen) atoms. The summed E-state index contributed by atoms with van der Waals surface area (Å²) in [6, 6.07) is 5.11. The zero-order valence-corrected chi connectivity index (χ0v) is 11.9. The monoisotopic (exact) mass is 291 g/mol. The van der Waals surface area contributed by atoms with E-state index in [0.717, 1.165) is 6.07 Å². The Labute approximate surface area is 112 Å². The van der Waals surface area contributed by atoms with Gasteiger partial charge in [-0.2, -0.15) is 0 Å². The molecule has 0 aliphatic rings. The average Bonchev–Trinajstić information content (AvgIpc) is 2.38. The molecule has 5 nitrogen and oxygen atoms in total. The van der Waals surface area contributed by atoms with Crippen LogP contribution in [-0.2, 0) is 19.0 Å². The summed E-state index contributed by atoms with van der Waals surface area (Å²) in [4.78, 5) is 0. The van der Waals surface area contributed by atoms with Gasteiger partial charge in [0, 0.05) is 6.54 Å². The van der Waals surface area contributed by atoms with Crippen LogP contribution in [0.5, 0.6) is 0 Å². The first-order valence-electron chi connectivity index (χ1n) is 6.01. The fourth-order valence-corrected chi connectivity index (χ4v) is 3.58. The highest BCUT2D eigenvalue weighted by atomic mass is 31.2. The fraction of sp³-hybridized carbons (Fsp3) is 0.500. The first kappa shape index (κ1) is 16.3. The highest BCUT2D eigenvalue weighted by Gasteiger charge is 2.50. The minimum Gasteiger partial charge on any atom is -0.372 e. The molecule has 0 unspecified atom stereocenters. The maximum atomic E-state index is 13.3. The fourth-order valence-electron chi connectivity index (χ4n) is 1.72. The van der Waals surface area contributed by atoms with E-state index in [9.17, 15) is 14.1 Å². The van der Waals surface area contributed by atoms with Crippen molar-refractivity contribution in [3.63, 3.8) is 0 Å². The van der Waals surface area contributed by atoms with E-state index in [1.54, 1.807) is 13.8 Å². The molecule has 1 rings (SSSR count). The molecule has 0 aromatic heterocycles. The van der Waals surface area contributed by atoms with Gasteiger partial charge >= 0.3 is 7.60 Å². The zero-order chi connectivity index (χ0) is 14.5. The van der Waals surface area contributed by atoms with Crippen molar-refractivity contribution in [1.82, 2.24) is 0 Å². The van der Waals surface area contributed by atoms with Gasteiger partial charge in [-0.05, 0) is 31.5 Å². The van der Waals surface area contributed by atoms with Crippen LogP contribution in [0.4, 0.5) is 4.39 Å². The van der Waals surface area contributed by atoms with E-state index in [4.69, 9.17) is 14.8 Å². The Balaban J connectivity index is 3.31. The van der Waals surface area contributed by atoms with E-state index in [1.165, 1.54) is 18.2 Å². The molecule has 0 amide bonds. The van der Waals surface area contributed by atoms with Crippen molar-refractivity contribution in [2.45, 2.75) is 19.2 Å². The molecule has 0 aliphatic carbocycles. The molecule has 1 aromatic rings. The van der Waals surface area contributed by atoms with E-state index >= 15 is 0 Å². The van der Waals surface area contributed by atoms with Gasteiger partial charge in [0.1, 0.15) is 5.82 Å². The lowest BCUT2D eigenvalue weighted by atomic mass is 10.1. The molecule has 3 N–H and O–H groups in total. The van der Waals surface area contributed by atoms with Gasteiger partial charge in [0.25, 0.3) is 0 Å². The molecule has 0 bridgehead atoms. The van der Waals surface area contributed by atoms with E-state index in [0.29, 0.717) is 0 Å². The highest BCUT2D eigenvalue weighted by molar-refractivity contribution is 7.55. The summed E-state index contributed by atoms with van der Waals surface area (Å²) < 4.78 is 36.2. The lowest BCUT2D eigenvalue weighted by Gasteiger charge is -2.33. The van der Waals surface area contributed by atoms with Gasteiger partial charge in [-0.3, -0.25) is 4.57 Å². The van der Waals surface area contributed by atoms with Crippen molar-refractivity contribution in [3.8, 4) is 0 Å². The predicted molar refractivity (Wildman–Crippen MR) is 70.2 cm³/mol. The third-order valence-corrected chi connectivity index (χ3v) is 5.17. The molecule has 0 aliphatic heterocycles. The Morgan fingerprint density at radius 3 is 2.37 bits per heavy atom. The van der Waals surface area contributed by atoms with Gasteiger partial charge < -0.3 is 19.9 Å². The number of halogens is 1. The second-order valence-corrected chi connectivity index (χ2v) is 6.12. The van der Waals surface area contributed by atoms with Crippen LogP contribution in [0.1, 0.15) is 19.4 Å². The summed E-state index contributed by atoms with van der Waals surface area (Å²) in [5.74, 6) is -0.566. The Hall–Kier alpha value is -0.780. The van der Waals surface area contributed by atoms with E-state index < -0.39 is 25.3 Å². The van der Waals surface area contributed by atoms with Gasteiger partial charge in [-0.25, -0.2) is 4.39 Å². The van der Waals surface area contributed by atoms with E-state index in [-0.39, 0.29) is 18.8 Å². The number of hydrogen-bond acceptors (Lipinski definition) is 5. The summed E-state index contributed by atoms with van der Waals surface area (Å²) in [6.07, 6.45) is 0. The molecule has 7 heteroatoms. The standard InChI is InChI=1S/C12H19FNO4P/c1-3-17-19(16,18-4-2)12(15,9-14)10-6-5-7-11(13)8-10/h5-8,15H,3-4,9,14H2,1-2H3/t12-/m1/s1. The van der Waals surface area contributed by atoms with Crippen LogP contribution in [0.3, 0.4) is 0 Å². The van der Waals surface area contributed by atoms with Crippen LogP contribution in [0.25, 0.3) is 0 Å². The topological polar surface area (TPSA) is 81.8 Å². The Morgan fingerprint density at radius 2 is 1.95 bits per heavy atom. The number of hydrogen-bond donors (Lipinski definition) is 2. The Bertz CT molecular complexity index is 461. The molecule has 0 heterocycles. The molecule has 0 radical (unpaired) electrons. The largest absolute Gasteiger partial charge is 0.372 e. The van der Waals surface area contributed by atoms with Crippen molar-refractivity contribution in [2.24, 2.45) is 5.73 Å². The normalized spacial score (nSPS) is 15.2. The second-order valence-electron chi connectivity index (χ2n) is 3.86. The molecule has 1 aromatic carbocycles. The van der Waals surface area contributed by atoms with Gasteiger partial charge in [0.2, 0.25) is 5.34 Å². The predicted octanol–water partition coefficient (Wildman–Crippen LogP) is 2.20. The smallest absolute Gasteiger partial charge is 0.367 e. The molecule has 108 valence electrons. The van der Waals surface area contributed by atoms with Crippen LogP contribution in [0, 0.1) is 5.82 Å².